The number of aliphatic carboxylic acids is 1. The van der Waals surface area contributed by atoms with Crippen LogP contribution in [0.3, 0.4) is 0 Å². The summed E-state index contributed by atoms with van der Waals surface area (Å²) in [4.78, 5) is 25.2. The Labute approximate surface area is 147 Å². The van der Waals surface area contributed by atoms with Crippen LogP contribution in [0.25, 0.3) is 0 Å². The lowest BCUT2D eigenvalue weighted by molar-refractivity contribution is -0.145. The quantitative estimate of drug-likeness (QED) is 0.817. The van der Waals surface area contributed by atoms with E-state index in [9.17, 15) is 14.0 Å². The van der Waals surface area contributed by atoms with Crippen molar-refractivity contribution in [1.82, 2.24) is 10.2 Å². The molecule has 1 aromatic carbocycles. The molecule has 0 spiro atoms. The van der Waals surface area contributed by atoms with Gasteiger partial charge in [-0.05, 0) is 50.4 Å². The fourth-order valence-corrected chi connectivity index (χ4v) is 2.85. The van der Waals surface area contributed by atoms with Gasteiger partial charge < -0.3 is 10.4 Å². The minimum atomic E-state index is -0.793. The number of nitrogens with zero attached hydrogens (tertiary/aromatic N) is 1. The number of carbonyl (C=O) groups excluding carboxylic acids is 1. The topological polar surface area (TPSA) is 69.6 Å². The molecule has 1 aliphatic heterocycles. The molecule has 5 nitrogen and oxygen atoms in total. The van der Waals surface area contributed by atoms with Gasteiger partial charge in [-0.3, -0.25) is 14.5 Å². The number of piperidine rings is 1. The lowest BCUT2D eigenvalue weighted by Crippen LogP contribution is -2.50. The van der Waals surface area contributed by atoms with Gasteiger partial charge in [0.25, 0.3) is 0 Å². The highest BCUT2D eigenvalue weighted by Gasteiger charge is 2.30. The van der Waals surface area contributed by atoms with Gasteiger partial charge in [0.2, 0.25) is 5.91 Å². The summed E-state index contributed by atoms with van der Waals surface area (Å²) in [7, 11) is 0. The Kier molecular flexibility index (Phi) is 8.15. The van der Waals surface area contributed by atoms with E-state index in [0.717, 1.165) is 18.5 Å². The van der Waals surface area contributed by atoms with Crippen LogP contribution >= 0.6 is 12.4 Å². The predicted octanol–water partition coefficient (Wildman–Crippen LogP) is 2.09. The predicted molar refractivity (Wildman–Crippen MR) is 91.8 cm³/mol. The van der Waals surface area contributed by atoms with Crippen LogP contribution in [0.4, 0.5) is 4.39 Å². The average molecular weight is 359 g/mol. The molecular weight excluding hydrogens is 335 g/mol. The third-order valence-electron chi connectivity index (χ3n) is 4.36. The molecule has 0 radical (unpaired) electrons. The van der Waals surface area contributed by atoms with Gasteiger partial charge in [-0.2, -0.15) is 0 Å². The number of likely N-dealkylation sites (tertiary alicyclic amines) is 1. The van der Waals surface area contributed by atoms with E-state index < -0.39 is 11.9 Å². The normalized spacial score (nSPS) is 19.2. The summed E-state index contributed by atoms with van der Waals surface area (Å²) in [6, 6.07) is 5.87. The van der Waals surface area contributed by atoms with Crippen LogP contribution in [0.15, 0.2) is 24.3 Å². The van der Waals surface area contributed by atoms with Crippen molar-refractivity contribution in [3.05, 3.63) is 35.6 Å². The smallest absolute Gasteiger partial charge is 0.307 e. The Morgan fingerprint density at radius 3 is 2.67 bits per heavy atom. The van der Waals surface area contributed by atoms with Crippen molar-refractivity contribution in [3.63, 3.8) is 0 Å². The van der Waals surface area contributed by atoms with Gasteiger partial charge in [0, 0.05) is 13.1 Å². The maximum atomic E-state index is 12.8. The monoisotopic (exact) mass is 358 g/mol. The second kappa shape index (κ2) is 9.59. The van der Waals surface area contributed by atoms with Crippen molar-refractivity contribution in [1.29, 1.82) is 0 Å². The number of amides is 1. The molecule has 2 unspecified atom stereocenters. The van der Waals surface area contributed by atoms with Crippen molar-refractivity contribution < 1.29 is 19.1 Å². The van der Waals surface area contributed by atoms with Crippen molar-refractivity contribution in [3.8, 4) is 0 Å². The van der Waals surface area contributed by atoms with Crippen LogP contribution in [0, 0.1) is 11.7 Å². The first-order valence-corrected chi connectivity index (χ1v) is 7.96. The van der Waals surface area contributed by atoms with Crippen LogP contribution < -0.4 is 5.32 Å². The third-order valence-corrected chi connectivity index (χ3v) is 4.36. The van der Waals surface area contributed by atoms with Gasteiger partial charge in [-0.25, -0.2) is 4.39 Å². The number of rotatable bonds is 6. The number of carboxylic acids is 1. The van der Waals surface area contributed by atoms with Crippen LogP contribution in [-0.4, -0.2) is 47.6 Å². The molecule has 1 fully saturated rings. The first kappa shape index (κ1) is 20.4. The fraction of sp³-hybridized carbons (Fsp3) is 0.529. The molecule has 1 amide bonds. The summed E-state index contributed by atoms with van der Waals surface area (Å²) in [5.74, 6) is -1.56. The fourth-order valence-electron chi connectivity index (χ4n) is 2.85. The van der Waals surface area contributed by atoms with Gasteiger partial charge in [0.15, 0.2) is 0 Å². The van der Waals surface area contributed by atoms with Gasteiger partial charge in [0.1, 0.15) is 5.82 Å². The first-order chi connectivity index (χ1) is 11.0. The summed E-state index contributed by atoms with van der Waals surface area (Å²) < 4.78 is 12.8. The molecule has 1 saturated heterocycles. The molecule has 2 rings (SSSR count). The Balaban J connectivity index is 0.00000288. The maximum absolute atomic E-state index is 12.8. The zero-order valence-electron chi connectivity index (χ0n) is 13.7. The Hall–Kier alpha value is -1.66. The van der Waals surface area contributed by atoms with Crippen LogP contribution in [0.1, 0.15) is 25.3 Å². The van der Waals surface area contributed by atoms with E-state index in [1.54, 1.807) is 19.1 Å². The number of halogens is 2. The molecule has 0 aliphatic carbocycles. The van der Waals surface area contributed by atoms with Crippen molar-refractivity contribution >= 4 is 24.3 Å². The summed E-state index contributed by atoms with van der Waals surface area (Å²) >= 11 is 0. The van der Waals surface area contributed by atoms with E-state index in [1.807, 2.05) is 4.90 Å². The minimum Gasteiger partial charge on any atom is -0.481 e. The molecule has 134 valence electrons. The molecule has 7 heteroatoms. The van der Waals surface area contributed by atoms with Gasteiger partial charge >= 0.3 is 5.97 Å². The zero-order chi connectivity index (χ0) is 16.8. The number of hydrogen-bond donors (Lipinski definition) is 2. The highest BCUT2D eigenvalue weighted by atomic mass is 35.5. The highest BCUT2D eigenvalue weighted by Crippen LogP contribution is 2.18. The van der Waals surface area contributed by atoms with E-state index in [-0.39, 0.29) is 30.2 Å². The van der Waals surface area contributed by atoms with E-state index in [1.165, 1.54) is 12.1 Å². The highest BCUT2D eigenvalue weighted by molar-refractivity contribution is 5.85. The molecule has 2 N–H and O–H groups in total. The summed E-state index contributed by atoms with van der Waals surface area (Å²) in [5, 5.41) is 12.0. The molecule has 24 heavy (non-hydrogen) atoms. The lowest BCUT2D eigenvalue weighted by Gasteiger charge is -2.34. The van der Waals surface area contributed by atoms with Crippen molar-refractivity contribution in [2.45, 2.75) is 32.2 Å². The van der Waals surface area contributed by atoms with E-state index >= 15 is 0 Å². The number of hydrogen-bond acceptors (Lipinski definition) is 3. The number of carbonyl (C=O) groups is 2. The molecule has 0 aromatic heterocycles. The second-order valence-electron chi connectivity index (χ2n) is 6.02. The van der Waals surface area contributed by atoms with Crippen molar-refractivity contribution in [2.24, 2.45) is 5.92 Å². The molecule has 0 bridgehead atoms. The number of carboxylic acid groups (broad SMARTS) is 1. The molecule has 1 aliphatic rings. The Morgan fingerprint density at radius 2 is 2.04 bits per heavy atom. The SMILES string of the molecule is CC(C(=O)NCCc1ccc(F)cc1)N1CCCC(C(=O)O)C1.Cl. The van der Waals surface area contributed by atoms with Gasteiger partial charge in [0.05, 0.1) is 12.0 Å². The first-order valence-electron chi connectivity index (χ1n) is 7.96. The number of nitrogens with one attached hydrogen (secondary N) is 1. The van der Waals surface area contributed by atoms with Crippen molar-refractivity contribution in [2.75, 3.05) is 19.6 Å². The summed E-state index contributed by atoms with van der Waals surface area (Å²) in [5.41, 5.74) is 0.961. The van der Waals surface area contributed by atoms with Gasteiger partial charge in [-0.1, -0.05) is 12.1 Å². The molecule has 1 heterocycles. The van der Waals surface area contributed by atoms with E-state index in [4.69, 9.17) is 5.11 Å². The maximum Gasteiger partial charge on any atom is 0.307 e. The standard InChI is InChI=1S/C17H23FN2O3.ClH/c1-12(20-10-2-3-14(11-20)17(22)23)16(21)19-9-8-13-4-6-15(18)7-5-13;/h4-7,12,14H,2-3,8-11H2,1H3,(H,19,21)(H,22,23);1H. The summed E-state index contributed by atoms with van der Waals surface area (Å²) in [6.45, 7) is 3.45. The Morgan fingerprint density at radius 1 is 1.38 bits per heavy atom. The average Bonchev–Trinajstić information content (AvgIpc) is 2.56. The van der Waals surface area contributed by atoms with Crippen LogP contribution in [-0.2, 0) is 16.0 Å². The molecule has 1 aromatic rings. The minimum absolute atomic E-state index is 0. The molecular formula is C17H24ClFN2O3. The van der Waals surface area contributed by atoms with E-state index in [0.29, 0.717) is 25.9 Å². The zero-order valence-corrected chi connectivity index (χ0v) is 14.5. The largest absolute Gasteiger partial charge is 0.481 e. The number of benzene rings is 1. The van der Waals surface area contributed by atoms with Gasteiger partial charge in [-0.15, -0.1) is 12.4 Å². The summed E-state index contributed by atoms with van der Waals surface area (Å²) in [6.07, 6.45) is 2.10. The third kappa shape index (κ3) is 5.76. The second-order valence-corrected chi connectivity index (χ2v) is 6.02. The van der Waals surface area contributed by atoms with Crippen LogP contribution in [0.5, 0.6) is 0 Å². The van der Waals surface area contributed by atoms with E-state index in [2.05, 4.69) is 5.32 Å². The van der Waals surface area contributed by atoms with Crippen LogP contribution in [0.2, 0.25) is 0 Å². The molecule has 0 saturated carbocycles. The lowest BCUT2D eigenvalue weighted by atomic mass is 9.97. The Bertz CT molecular complexity index is 553. The molecule has 2 atom stereocenters.